The van der Waals surface area contributed by atoms with Gasteiger partial charge in [0.25, 0.3) is 5.91 Å². The summed E-state index contributed by atoms with van der Waals surface area (Å²) in [6.07, 6.45) is 4.45. The van der Waals surface area contributed by atoms with Gasteiger partial charge in [0, 0.05) is 23.6 Å². The molecule has 3 nitrogen and oxygen atoms in total. The molecule has 1 unspecified atom stereocenters. The molecule has 0 spiro atoms. The minimum Gasteiger partial charge on any atom is -0.337 e. The highest BCUT2D eigenvalue weighted by molar-refractivity contribution is 9.10. The second-order valence-electron chi connectivity index (χ2n) is 5.52. The number of hydrogen-bond donors (Lipinski definition) is 1. The number of benzene rings is 1. The lowest BCUT2D eigenvalue weighted by Crippen LogP contribution is -2.46. The number of rotatable bonds is 5. The molecule has 0 saturated carbocycles. The topological polar surface area (TPSA) is 32.3 Å². The van der Waals surface area contributed by atoms with Crippen LogP contribution < -0.4 is 5.32 Å². The monoisotopic (exact) mass is 356 g/mol. The van der Waals surface area contributed by atoms with Gasteiger partial charge in [-0.05, 0) is 59.9 Å². The van der Waals surface area contributed by atoms with Crippen LogP contribution in [-0.2, 0) is 0 Å². The zero-order valence-electron chi connectivity index (χ0n) is 12.4. The average molecular weight is 357 g/mol. The first-order valence-electron chi connectivity index (χ1n) is 7.59. The summed E-state index contributed by atoms with van der Waals surface area (Å²) in [6.45, 7) is 4.53. The predicted molar refractivity (Wildman–Crippen MR) is 85.9 cm³/mol. The number of halogens is 2. The Morgan fingerprint density at radius 1 is 1.48 bits per heavy atom. The van der Waals surface area contributed by atoms with Crippen molar-refractivity contribution in [1.82, 2.24) is 10.2 Å². The van der Waals surface area contributed by atoms with Crippen molar-refractivity contribution < 1.29 is 9.18 Å². The number of carbonyl (C=O) groups excluding carboxylic acids is 1. The highest BCUT2D eigenvalue weighted by atomic mass is 79.9. The highest BCUT2D eigenvalue weighted by Crippen LogP contribution is 2.20. The third-order valence-corrected chi connectivity index (χ3v) is 4.45. The van der Waals surface area contributed by atoms with Crippen molar-refractivity contribution in [3.63, 3.8) is 0 Å². The molecule has 0 radical (unpaired) electrons. The Morgan fingerprint density at radius 2 is 2.29 bits per heavy atom. The molecular weight excluding hydrogens is 335 g/mol. The van der Waals surface area contributed by atoms with Crippen LogP contribution in [0.4, 0.5) is 4.39 Å². The Morgan fingerprint density at radius 3 is 2.90 bits per heavy atom. The lowest BCUT2D eigenvalue weighted by atomic mass is 10.0. The lowest BCUT2D eigenvalue weighted by Gasteiger charge is -2.30. The van der Waals surface area contributed by atoms with Crippen LogP contribution in [0.15, 0.2) is 22.7 Å². The average Bonchev–Trinajstić information content (AvgIpc) is 2.47. The van der Waals surface area contributed by atoms with Gasteiger partial charge < -0.3 is 10.2 Å². The molecule has 1 atom stereocenters. The van der Waals surface area contributed by atoms with Gasteiger partial charge in [-0.15, -0.1) is 0 Å². The molecule has 1 heterocycles. The van der Waals surface area contributed by atoms with Crippen molar-refractivity contribution in [2.24, 2.45) is 0 Å². The van der Waals surface area contributed by atoms with E-state index >= 15 is 0 Å². The molecule has 1 saturated heterocycles. The van der Waals surface area contributed by atoms with Crippen molar-refractivity contribution in [2.75, 3.05) is 19.6 Å². The number of carbonyl (C=O) groups is 1. The molecule has 21 heavy (non-hydrogen) atoms. The zero-order chi connectivity index (χ0) is 15.2. The second kappa shape index (κ2) is 7.90. The Hall–Kier alpha value is -0.940. The van der Waals surface area contributed by atoms with E-state index in [0.717, 1.165) is 32.5 Å². The molecule has 2 rings (SSSR count). The van der Waals surface area contributed by atoms with Gasteiger partial charge >= 0.3 is 0 Å². The van der Waals surface area contributed by atoms with E-state index in [1.165, 1.54) is 25.0 Å². The zero-order valence-corrected chi connectivity index (χ0v) is 14.0. The van der Waals surface area contributed by atoms with E-state index in [9.17, 15) is 9.18 Å². The van der Waals surface area contributed by atoms with Crippen LogP contribution in [0.2, 0.25) is 0 Å². The van der Waals surface area contributed by atoms with Crippen molar-refractivity contribution >= 4 is 21.8 Å². The first-order valence-corrected chi connectivity index (χ1v) is 8.39. The van der Waals surface area contributed by atoms with E-state index in [4.69, 9.17) is 0 Å². The third-order valence-electron chi connectivity index (χ3n) is 3.80. The van der Waals surface area contributed by atoms with Gasteiger partial charge in [0.2, 0.25) is 0 Å². The summed E-state index contributed by atoms with van der Waals surface area (Å²) in [6, 6.07) is 4.60. The van der Waals surface area contributed by atoms with Gasteiger partial charge in [-0.3, -0.25) is 4.79 Å². The Bertz CT molecular complexity index is 489. The summed E-state index contributed by atoms with van der Waals surface area (Å²) in [4.78, 5) is 14.6. The normalized spacial score (nSPS) is 18.5. The van der Waals surface area contributed by atoms with Gasteiger partial charge in [0.1, 0.15) is 5.82 Å². The highest BCUT2D eigenvalue weighted by Gasteiger charge is 2.22. The van der Waals surface area contributed by atoms with Crippen LogP contribution >= 0.6 is 15.9 Å². The number of nitrogens with one attached hydrogen (secondary N) is 1. The fourth-order valence-electron chi connectivity index (χ4n) is 2.72. The molecule has 1 aliphatic rings. The predicted octanol–water partition coefficient (Wildman–Crippen LogP) is 3.58. The van der Waals surface area contributed by atoms with Crippen LogP contribution in [0.5, 0.6) is 0 Å². The summed E-state index contributed by atoms with van der Waals surface area (Å²) in [5, 5.41) is 3.47. The molecule has 5 heteroatoms. The standard InChI is InChI=1S/C16H22BrFN2O/c1-2-9-20(11-13-5-3-4-8-19-13)16(21)14-7-6-12(18)10-15(14)17/h6-7,10,13,19H,2-5,8-9,11H2,1H3. The molecule has 0 aromatic heterocycles. The third kappa shape index (κ3) is 4.51. The molecule has 1 amide bonds. The van der Waals surface area contributed by atoms with E-state index in [-0.39, 0.29) is 11.7 Å². The molecule has 1 aliphatic heterocycles. The van der Waals surface area contributed by atoms with Gasteiger partial charge in [-0.1, -0.05) is 13.3 Å². The molecule has 1 fully saturated rings. The van der Waals surface area contributed by atoms with Crippen molar-refractivity contribution in [3.05, 3.63) is 34.1 Å². The molecule has 0 bridgehead atoms. The fourth-order valence-corrected chi connectivity index (χ4v) is 3.25. The van der Waals surface area contributed by atoms with Crippen molar-refractivity contribution in [1.29, 1.82) is 0 Å². The summed E-state index contributed by atoms with van der Waals surface area (Å²) in [5.41, 5.74) is 0.528. The van der Waals surface area contributed by atoms with Gasteiger partial charge in [-0.25, -0.2) is 4.39 Å². The summed E-state index contributed by atoms with van der Waals surface area (Å²) >= 11 is 3.29. The summed E-state index contributed by atoms with van der Waals surface area (Å²) in [7, 11) is 0. The van der Waals surface area contributed by atoms with Crippen LogP contribution in [-0.4, -0.2) is 36.5 Å². The lowest BCUT2D eigenvalue weighted by molar-refractivity contribution is 0.0731. The molecule has 116 valence electrons. The molecule has 0 aliphatic carbocycles. The first-order chi connectivity index (χ1) is 10.1. The fraction of sp³-hybridized carbons (Fsp3) is 0.562. The number of hydrogen-bond acceptors (Lipinski definition) is 2. The van der Waals surface area contributed by atoms with E-state index in [1.54, 1.807) is 6.07 Å². The Labute approximate surface area is 134 Å². The molecular formula is C16H22BrFN2O. The van der Waals surface area contributed by atoms with Crippen LogP contribution in [0.25, 0.3) is 0 Å². The molecule has 1 aromatic rings. The molecule has 1 N–H and O–H groups in total. The number of piperidine rings is 1. The smallest absolute Gasteiger partial charge is 0.255 e. The number of nitrogens with zero attached hydrogens (tertiary/aromatic N) is 1. The van der Waals surface area contributed by atoms with Gasteiger partial charge in [-0.2, -0.15) is 0 Å². The Balaban J connectivity index is 2.10. The summed E-state index contributed by atoms with van der Waals surface area (Å²) in [5.74, 6) is -0.370. The maximum atomic E-state index is 13.2. The maximum absolute atomic E-state index is 13.2. The van der Waals surface area contributed by atoms with Gasteiger partial charge in [0.15, 0.2) is 0 Å². The molecule has 1 aromatic carbocycles. The van der Waals surface area contributed by atoms with E-state index < -0.39 is 0 Å². The Kier molecular flexibility index (Phi) is 6.18. The largest absolute Gasteiger partial charge is 0.337 e. The van der Waals surface area contributed by atoms with Gasteiger partial charge in [0.05, 0.1) is 5.56 Å². The van der Waals surface area contributed by atoms with E-state index in [0.29, 0.717) is 16.1 Å². The minimum absolute atomic E-state index is 0.0314. The van der Waals surface area contributed by atoms with Crippen molar-refractivity contribution in [2.45, 2.75) is 38.6 Å². The van der Waals surface area contributed by atoms with Crippen LogP contribution in [0, 0.1) is 5.82 Å². The maximum Gasteiger partial charge on any atom is 0.255 e. The first kappa shape index (κ1) is 16.4. The van der Waals surface area contributed by atoms with Crippen LogP contribution in [0.3, 0.4) is 0 Å². The van der Waals surface area contributed by atoms with Crippen LogP contribution in [0.1, 0.15) is 43.0 Å². The SMILES string of the molecule is CCCN(CC1CCCCN1)C(=O)c1ccc(F)cc1Br. The van der Waals surface area contributed by atoms with E-state index in [2.05, 4.69) is 28.2 Å². The summed E-state index contributed by atoms with van der Waals surface area (Å²) < 4.78 is 13.7. The minimum atomic E-state index is -0.339. The van der Waals surface area contributed by atoms with Crippen molar-refractivity contribution in [3.8, 4) is 0 Å². The van der Waals surface area contributed by atoms with E-state index in [1.807, 2.05) is 4.90 Å². The second-order valence-corrected chi connectivity index (χ2v) is 6.38. The number of amides is 1. The quantitative estimate of drug-likeness (QED) is 0.874.